The molecule has 0 fully saturated rings. The topological polar surface area (TPSA) is 78.9 Å². The van der Waals surface area contributed by atoms with E-state index in [4.69, 9.17) is 14.2 Å². The summed E-state index contributed by atoms with van der Waals surface area (Å²) < 4.78 is 15.2. The van der Waals surface area contributed by atoms with Gasteiger partial charge in [0.15, 0.2) is 0 Å². The summed E-state index contributed by atoms with van der Waals surface area (Å²) in [6.45, 7) is 0. The average Bonchev–Trinajstić information content (AvgIpc) is 2.94. The minimum atomic E-state index is -0.740. The molecule has 0 unspecified atom stereocenters. The van der Waals surface area contributed by atoms with E-state index in [1.165, 1.54) is 27.4 Å². The first-order valence-corrected chi connectivity index (χ1v) is 11.1. The molecule has 0 amide bonds. The van der Waals surface area contributed by atoms with Crippen LogP contribution in [0, 0.1) is 0 Å². The second kappa shape index (κ2) is 12.7. The van der Waals surface area contributed by atoms with Crippen LogP contribution in [0.5, 0.6) is 0 Å². The molecule has 0 atom stereocenters. The van der Waals surface area contributed by atoms with Gasteiger partial charge in [-0.3, -0.25) is 0 Å². The van der Waals surface area contributed by atoms with E-state index < -0.39 is 17.9 Å². The summed E-state index contributed by atoms with van der Waals surface area (Å²) in [4.78, 5) is 39.1. The van der Waals surface area contributed by atoms with E-state index in [2.05, 4.69) is 0 Å². The fourth-order valence-corrected chi connectivity index (χ4v) is 3.64. The van der Waals surface area contributed by atoms with Gasteiger partial charge in [0.05, 0.1) is 32.5 Å². The van der Waals surface area contributed by atoms with Gasteiger partial charge in [-0.1, -0.05) is 91.0 Å². The molecule has 0 aliphatic carbocycles. The SMILES string of the molecule is COC(=O)\C=C(/C(C(=O)OC)=C(/C(=C\c1ccccc1)C(=O)OC)c1ccccc1)c1ccccc1. The zero-order valence-corrected chi connectivity index (χ0v) is 20.3. The zero-order chi connectivity index (χ0) is 25.9. The lowest BCUT2D eigenvalue weighted by atomic mass is 9.85. The van der Waals surface area contributed by atoms with E-state index in [0.717, 1.165) is 0 Å². The first kappa shape index (κ1) is 25.9. The molecule has 0 N–H and O–H groups in total. The minimum Gasteiger partial charge on any atom is -0.466 e. The summed E-state index contributed by atoms with van der Waals surface area (Å²) in [7, 11) is 3.75. The van der Waals surface area contributed by atoms with Gasteiger partial charge >= 0.3 is 17.9 Å². The van der Waals surface area contributed by atoms with Gasteiger partial charge in [-0.05, 0) is 22.8 Å². The monoisotopic (exact) mass is 482 g/mol. The molecule has 0 bridgehead atoms. The van der Waals surface area contributed by atoms with Crippen LogP contribution in [0.25, 0.3) is 17.2 Å². The number of benzene rings is 3. The quantitative estimate of drug-likeness (QED) is 0.192. The number of carbonyl (C=O) groups excluding carboxylic acids is 3. The highest BCUT2D eigenvalue weighted by Crippen LogP contribution is 2.37. The Hall–Kier alpha value is -4.71. The van der Waals surface area contributed by atoms with Gasteiger partial charge < -0.3 is 14.2 Å². The van der Waals surface area contributed by atoms with Crippen LogP contribution in [0.15, 0.2) is 108 Å². The number of methoxy groups -OCH3 is 3. The van der Waals surface area contributed by atoms with E-state index in [9.17, 15) is 14.4 Å². The zero-order valence-electron chi connectivity index (χ0n) is 20.3. The summed E-state index contributed by atoms with van der Waals surface area (Å²) in [5.74, 6) is -2.07. The number of esters is 3. The predicted molar refractivity (Wildman–Crippen MR) is 138 cm³/mol. The van der Waals surface area contributed by atoms with E-state index in [0.29, 0.717) is 16.7 Å². The smallest absolute Gasteiger partial charge is 0.339 e. The van der Waals surface area contributed by atoms with Crippen LogP contribution in [0.2, 0.25) is 0 Å². The molecule has 0 saturated heterocycles. The average molecular weight is 483 g/mol. The highest BCUT2D eigenvalue weighted by molar-refractivity contribution is 6.23. The number of carbonyl (C=O) groups is 3. The molecule has 3 aromatic rings. The predicted octanol–water partition coefficient (Wildman–Crippen LogP) is 5.13. The second-order valence-corrected chi connectivity index (χ2v) is 7.52. The minimum absolute atomic E-state index is 0.00730. The maximum atomic E-state index is 13.4. The number of rotatable bonds is 8. The van der Waals surface area contributed by atoms with Crippen LogP contribution in [0.3, 0.4) is 0 Å². The lowest BCUT2D eigenvalue weighted by molar-refractivity contribution is -0.136. The van der Waals surface area contributed by atoms with Crippen molar-refractivity contribution in [3.05, 3.63) is 125 Å². The van der Waals surface area contributed by atoms with Gasteiger partial charge in [-0.2, -0.15) is 0 Å². The first-order valence-electron chi connectivity index (χ1n) is 11.1. The molecule has 6 nitrogen and oxygen atoms in total. The Balaban J connectivity index is 2.52. The Morgan fingerprint density at radius 1 is 0.611 bits per heavy atom. The molecule has 0 aliphatic heterocycles. The van der Waals surface area contributed by atoms with E-state index >= 15 is 0 Å². The van der Waals surface area contributed by atoms with Crippen molar-refractivity contribution >= 4 is 35.1 Å². The molecule has 0 spiro atoms. The van der Waals surface area contributed by atoms with E-state index in [1.54, 1.807) is 54.6 Å². The van der Waals surface area contributed by atoms with Crippen molar-refractivity contribution in [2.75, 3.05) is 21.3 Å². The molecule has 3 aromatic carbocycles. The molecular formula is C30H26O6. The molecule has 36 heavy (non-hydrogen) atoms. The van der Waals surface area contributed by atoms with Crippen molar-refractivity contribution in [1.29, 1.82) is 0 Å². The Morgan fingerprint density at radius 3 is 1.61 bits per heavy atom. The Morgan fingerprint density at radius 2 is 1.11 bits per heavy atom. The van der Waals surface area contributed by atoms with Gasteiger partial charge in [-0.25, -0.2) is 14.4 Å². The Bertz CT molecular complexity index is 1300. The number of hydrogen-bond acceptors (Lipinski definition) is 6. The largest absolute Gasteiger partial charge is 0.466 e. The standard InChI is InChI=1S/C30H26O6/c1-34-26(31)20-24(22-15-9-5-10-16-22)28(30(33)36-3)27(23-17-11-6-12-18-23)25(29(32)35-2)19-21-13-7-4-8-14-21/h4-20H,1-3H3/b24-20-,25-19+,28-27-. The maximum absolute atomic E-state index is 13.4. The van der Waals surface area contributed by atoms with Crippen molar-refractivity contribution in [3.63, 3.8) is 0 Å². The summed E-state index contributed by atoms with van der Waals surface area (Å²) in [5.41, 5.74) is 2.43. The molecule has 0 heterocycles. The fourth-order valence-electron chi connectivity index (χ4n) is 3.64. The summed E-state index contributed by atoms with van der Waals surface area (Å²) >= 11 is 0. The van der Waals surface area contributed by atoms with Gasteiger partial charge in [0.1, 0.15) is 0 Å². The van der Waals surface area contributed by atoms with Crippen LogP contribution in [0.4, 0.5) is 0 Å². The third kappa shape index (κ3) is 6.24. The summed E-state index contributed by atoms with van der Waals surface area (Å²) in [5, 5.41) is 0. The van der Waals surface area contributed by atoms with Crippen LogP contribution in [-0.4, -0.2) is 39.2 Å². The van der Waals surface area contributed by atoms with Crippen LogP contribution in [0.1, 0.15) is 16.7 Å². The van der Waals surface area contributed by atoms with Gasteiger partial charge in [-0.15, -0.1) is 0 Å². The Kier molecular flexibility index (Phi) is 9.12. The first-order chi connectivity index (χ1) is 17.5. The third-order valence-corrected chi connectivity index (χ3v) is 5.30. The van der Waals surface area contributed by atoms with Crippen LogP contribution in [-0.2, 0) is 28.6 Å². The normalized spacial score (nSPS) is 12.3. The lowest BCUT2D eigenvalue weighted by Gasteiger charge is -2.19. The summed E-state index contributed by atoms with van der Waals surface area (Å²) in [6, 6.07) is 27.0. The highest BCUT2D eigenvalue weighted by atomic mass is 16.5. The summed E-state index contributed by atoms with van der Waals surface area (Å²) in [6.07, 6.45) is 2.85. The van der Waals surface area contributed by atoms with Crippen molar-refractivity contribution < 1.29 is 28.6 Å². The van der Waals surface area contributed by atoms with Crippen molar-refractivity contribution in [2.45, 2.75) is 0 Å². The molecule has 0 saturated carbocycles. The molecule has 0 radical (unpaired) electrons. The molecular weight excluding hydrogens is 456 g/mol. The number of ether oxygens (including phenoxy) is 3. The molecule has 0 aromatic heterocycles. The van der Waals surface area contributed by atoms with E-state index in [1.807, 2.05) is 42.5 Å². The van der Waals surface area contributed by atoms with Crippen molar-refractivity contribution in [1.82, 2.24) is 0 Å². The maximum Gasteiger partial charge on any atom is 0.339 e. The highest BCUT2D eigenvalue weighted by Gasteiger charge is 2.29. The second-order valence-electron chi connectivity index (χ2n) is 7.52. The van der Waals surface area contributed by atoms with Crippen LogP contribution < -0.4 is 0 Å². The van der Waals surface area contributed by atoms with E-state index in [-0.39, 0.29) is 22.3 Å². The molecule has 182 valence electrons. The van der Waals surface area contributed by atoms with Gasteiger partial charge in [0.25, 0.3) is 0 Å². The van der Waals surface area contributed by atoms with Crippen LogP contribution >= 0.6 is 0 Å². The molecule has 3 rings (SSSR count). The molecule has 0 aliphatic rings. The lowest BCUT2D eigenvalue weighted by Crippen LogP contribution is -2.16. The van der Waals surface area contributed by atoms with Gasteiger partial charge in [0, 0.05) is 17.2 Å². The van der Waals surface area contributed by atoms with Crippen molar-refractivity contribution in [3.8, 4) is 0 Å². The Labute approximate surface area is 210 Å². The van der Waals surface area contributed by atoms with Gasteiger partial charge in [0.2, 0.25) is 0 Å². The molecule has 6 heteroatoms. The third-order valence-electron chi connectivity index (χ3n) is 5.30. The fraction of sp³-hybridized carbons (Fsp3) is 0.100. The van der Waals surface area contributed by atoms with Crippen molar-refractivity contribution in [2.24, 2.45) is 0 Å². The number of hydrogen-bond donors (Lipinski definition) is 0.